The van der Waals surface area contributed by atoms with E-state index in [1.807, 2.05) is 13.8 Å². The van der Waals surface area contributed by atoms with Crippen molar-refractivity contribution in [3.8, 4) is 0 Å². The molecule has 2 bridgehead atoms. The Kier molecular flexibility index (Phi) is 2.06. The minimum Gasteiger partial charge on any atom is -0.352 e. The summed E-state index contributed by atoms with van der Waals surface area (Å²) in [6.07, 6.45) is 4.71. The Hall–Kier alpha value is -0.570. The fourth-order valence-corrected chi connectivity index (χ4v) is 2.39. The second-order valence-electron chi connectivity index (χ2n) is 4.80. The third kappa shape index (κ3) is 1.70. The van der Waals surface area contributed by atoms with Crippen LogP contribution in [0.2, 0.25) is 0 Å². The average Bonchev–Trinajstić information content (AvgIpc) is 2.09. The van der Waals surface area contributed by atoms with E-state index < -0.39 is 0 Å². The van der Waals surface area contributed by atoms with Crippen molar-refractivity contribution in [2.45, 2.75) is 57.2 Å². The molecule has 0 aromatic carbocycles. The molecular formula is C10H18N2O. The molecule has 74 valence electrons. The van der Waals surface area contributed by atoms with E-state index in [1.165, 1.54) is 12.8 Å². The topological polar surface area (TPSA) is 41.1 Å². The van der Waals surface area contributed by atoms with Gasteiger partial charge in [-0.1, -0.05) is 0 Å². The summed E-state index contributed by atoms with van der Waals surface area (Å²) in [6, 6.07) is 0.952. The molecule has 1 heterocycles. The van der Waals surface area contributed by atoms with E-state index in [0.29, 0.717) is 12.1 Å². The van der Waals surface area contributed by atoms with Crippen LogP contribution in [0.3, 0.4) is 0 Å². The Morgan fingerprint density at radius 2 is 2.00 bits per heavy atom. The Morgan fingerprint density at radius 3 is 2.77 bits per heavy atom. The molecule has 13 heavy (non-hydrogen) atoms. The lowest BCUT2D eigenvalue weighted by Gasteiger charge is -2.28. The maximum atomic E-state index is 11.7. The highest BCUT2D eigenvalue weighted by Gasteiger charge is 2.37. The molecule has 2 rings (SSSR count). The third-order valence-corrected chi connectivity index (χ3v) is 3.14. The molecule has 3 heteroatoms. The highest BCUT2D eigenvalue weighted by atomic mass is 16.2. The Morgan fingerprint density at radius 1 is 1.31 bits per heavy atom. The quantitative estimate of drug-likeness (QED) is 0.581. The van der Waals surface area contributed by atoms with E-state index in [4.69, 9.17) is 0 Å². The zero-order valence-corrected chi connectivity index (χ0v) is 8.39. The predicted molar refractivity (Wildman–Crippen MR) is 51.4 cm³/mol. The zero-order valence-electron chi connectivity index (χ0n) is 8.39. The summed E-state index contributed by atoms with van der Waals surface area (Å²) < 4.78 is 0. The SMILES string of the molecule is CC1(C)NC2CCCC(C2)NC1=O. The van der Waals surface area contributed by atoms with Gasteiger partial charge in [-0.3, -0.25) is 4.79 Å². The van der Waals surface area contributed by atoms with Crippen LogP contribution >= 0.6 is 0 Å². The van der Waals surface area contributed by atoms with Gasteiger partial charge in [0.15, 0.2) is 0 Å². The summed E-state index contributed by atoms with van der Waals surface area (Å²) in [5.41, 5.74) is -0.385. The van der Waals surface area contributed by atoms with E-state index in [9.17, 15) is 4.79 Å². The largest absolute Gasteiger partial charge is 0.352 e. The smallest absolute Gasteiger partial charge is 0.239 e. The van der Waals surface area contributed by atoms with Gasteiger partial charge in [-0.05, 0) is 39.5 Å². The van der Waals surface area contributed by atoms with Gasteiger partial charge in [0.05, 0.1) is 5.54 Å². The van der Waals surface area contributed by atoms with Crippen LogP contribution in [0.5, 0.6) is 0 Å². The highest BCUT2D eigenvalue weighted by Crippen LogP contribution is 2.24. The maximum Gasteiger partial charge on any atom is 0.239 e. The summed E-state index contributed by atoms with van der Waals surface area (Å²) in [5.74, 6) is 0.155. The van der Waals surface area contributed by atoms with Gasteiger partial charge >= 0.3 is 0 Å². The molecule has 1 aliphatic heterocycles. The van der Waals surface area contributed by atoms with Gasteiger partial charge in [0, 0.05) is 12.1 Å². The van der Waals surface area contributed by atoms with E-state index in [2.05, 4.69) is 10.6 Å². The van der Waals surface area contributed by atoms with E-state index >= 15 is 0 Å². The fourth-order valence-electron chi connectivity index (χ4n) is 2.39. The van der Waals surface area contributed by atoms with Crippen molar-refractivity contribution < 1.29 is 4.79 Å². The highest BCUT2D eigenvalue weighted by molar-refractivity contribution is 5.86. The van der Waals surface area contributed by atoms with Gasteiger partial charge < -0.3 is 10.6 Å². The minimum atomic E-state index is -0.385. The second kappa shape index (κ2) is 2.98. The Labute approximate surface area is 79.3 Å². The molecule has 1 saturated heterocycles. The van der Waals surface area contributed by atoms with Crippen LogP contribution in [0.1, 0.15) is 39.5 Å². The zero-order chi connectivity index (χ0) is 9.47. The van der Waals surface area contributed by atoms with Crippen molar-refractivity contribution in [2.24, 2.45) is 0 Å². The van der Waals surface area contributed by atoms with Gasteiger partial charge in [0.1, 0.15) is 0 Å². The number of amides is 1. The number of fused-ring (bicyclic) bond motifs is 2. The number of nitrogens with one attached hydrogen (secondary N) is 2. The van der Waals surface area contributed by atoms with Crippen LogP contribution in [0.4, 0.5) is 0 Å². The molecule has 3 nitrogen and oxygen atoms in total. The molecule has 0 spiro atoms. The molecule has 2 aliphatic rings. The van der Waals surface area contributed by atoms with Crippen molar-refractivity contribution >= 4 is 5.91 Å². The normalized spacial score (nSPS) is 37.8. The third-order valence-electron chi connectivity index (χ3n) is 3.14. The number of carbonyl (C=O) groups is 1. The lowest BCUT2D eigenvalue weighted by molar-refractivity contribution is -0.126. The predicted octanol–water partition coefficient (Wildman–Crippen LogP) is 0.796. The summed E-state index contributed by atoms with van der Waals surface area (Å²) in [7, 11) is 0. The van der Waals surface area contributed by atoms with Crippen molar-refractivity contribution in [2.75, 3.05) is 0 Å². The first kappa shape index (κ1) is 9.00. The first-order valence-electron chi connectivity index (χ1n) is 5.16. The lowest BCUT2D eigenvalue weighted by atomic mass is 9.91. The molecular weight excluding hydrogens is 164 g/mol. The number of hydrogen-bond acceptors (Lipinski definition) is 2. The molecule has 0 aromatic heterocycles. The van der Waals surface area contributed by atoms with Crippen LogP contribution < -0.4 is 10.6 Å². The van der Waals surface area contributed by atoms with Crippen LogP contribution in [0.25, 0.3) is 0 Å². The molecule has 2 unspecified atom stereocenters. The standard InChI is InChI=1S/C10H18N2O/c1-10(2)9(13)11-7-4-3-5-8(6-7)12-10/h7-8,12H,3-6H2,1-2H3,(H,11,13). The summed E-state index contributed by atoms with van der Waals surface area (Å²) in [4.78, 5) is 11.7. The van der Waals surface area contributed by atoms with Crippen molar-refractivity contribution in [1.29, 1.82) is 0 Å². The molecule has 1 aliphatic carbocycles. The summed E-state index contributed by atoms with van der Waals surface area (Å²) in [6.45, 7) is 3.92. The van der Waals surface area contributed by atoms with Crippen LogP contribution in [0.15, 0.2) is 0 Å². The van der Waals surface area contributed by atoms with E-state index in [0.717, 1.165) is 12.8 Å². The van der Waals surface area contributed by atoms with Gasteiger partial charge in [-0.15, -0.1) is 0 Å². The molecule has 1 saturated carbocycles. The van der Waals surface area contributed by atoms with Gasteiger partial charge in [0.2, 0.25) is 5.91 Å². The molecule has 2 atom stereocenters. The maximum absolute atomic E-state index is 11.7. The number of rotatable bonds is 0. The number of hydrogen-bond donors (Lipinski definition) is 2. The Balaban J connectivity index is 2.17. The van der Waals surface area contributed by atoms with E-state index in [-0.39, 0.29) is 11.4 Å². The van der Waals surface area contributed by atoms with Crippen molar-refractivity contribution in [3.63, 3.8) is 0 Å². The van der Waals surface area contributed by atoms with Crippen LogP contribution in [-0.4, -0.2) is 23.5 Å². The molecule has 0 aromatic rings. The lowest BCUT2D eigenvalue weighted by Crippen LogP contribution is -2.52. The molecule has 2 fully saturated rings. The molecule has 1 amide bonds. The van der Waals surface area contributed by atoms with Gasteiger partial charge in [0.25, 0.3) is 0 Å². The molecule has 0 radical (unpaired) electrons. The number of carbonyl (C=O) groups excluding carboxylic acids is 1. The monoisotopic (exact) mass is 182 g/mol. The summed E-state index contributed by atoms with van der Waals surface area (Å²) in [5, 5.41) is 6.52. The first-order chi connectivity index (χ1) is 6.08. The van der Waals surface area contributed by atoms with Crippen LogP contribution in [-0.2, 0) is 4.79 Å². The van der Waals surface area contributed by atoms with Crippen molar-refractivity contribution in [3.05, 3.63) is 0 Å². The second-order valence-corrected chi connectivity index (χ2v) is 4.80. The Bertz CT molecular complexity index is 225. The van der Waals surface area contributed by atoms with Crippen molar-refractivity contribution in [1.82, 2.24) is 10.6 Å². The molecule has 2 N–H and O–H groups in total. The van der Waals surface area contributed by atoms with E-state index in [1.54, 1.807) is 0 Å². The van der Waals surface area contributed by atoms with Crippen LogP contribution in [0, 0.1) is 0 Å². The average molecular weight is 182 g/mol. The first-order valence-corrected chi connectivity index (χ1v) is 5.16. The van der Waals surface area contributed by atoms with Gasteiger partial charge in [-0.2, -0.15) is 0 Å². The summed E-state index contributed by atoms with van der Waals surface area (Å²) >= 11 is 0. The van der Waals surface area contributed by atoms with Gasteiger partial charge in [-0.25, -0.2) is 0 Å². The minimum absolute atomic E-state index is 0.155. The fraction of sp³-hybridized carbons (Fsp3) is 0.900.